The van der Waals surface area contributed by atoms with E-state index in [9.17, 15) is 0 Å². The summed E-state index contributed by atoms with van der Waals surface area (Å²) in [6.45, 7) is 11.4. The smallest absolute Gasteiger partial charge is 0.160 e. The molecule has 1 aliphatic carbocycles. The second-order valence-electron chi connectivity index (χ2n) is 6.42. The van der Waals surface area contributed by atoms with E-state index in [2.05, 4.69) is 49.9 Å². The standard InChI is InChI=1S/C16H27N3O/c1-10(2)12(5)20-15-9-18-16(11(3)4)19-14(15)8-17-13-6-7-13/h9-13,17H,6-8H2,1-5H3. The molecule has 0 aliphatic heterocycles. The molecule has 1 aromatic rings. The summed E-state index contributed by atoms with van der Waals surface area (Å²) in [7, 11) is 0. The number of rotatable bonds is 7. The second-order valence-corrected chi connectivity index (χ2v) is 6.42. The predicted octanol–water partition coefficient (Wildman–Crippen LogP) is 3.28. The van der Waals surface area contributed by atoms with E-state index >= 15 is 0 Å². The highest BCUT2D eigenvalue weighted by atomic mass is 16.5. The topological polar surface area (TPSA) is 47.0 Å². The number of hydrogen-bond donors (Lipinski definition) is 1. The van der Waals surface area contributed by atoms with Crippen LogP contribution in [0.3, 0.4) is 0 Å². The fraction of sp³-hybridized carbons (Fsp3) is 0.750. The van der Waals surface area contributed by atoms with Gasteiger partial charge in [0, 0.05) is 18.5 Å². The van der Waals surface area contributed by atoms with Gasteiger partial charge in [0.1, 0.15) is 5.82 Å². The minimum atomic E-state index is 0.170. The molecule has 1 unspecified atom stereocenters. The minimum absolute atomic E-state index is 0.170. The first kappa shape index (κ1) is 15.2. The van der Waals surface area contributed by atoms with Gasteiger partial charge in [-0.3, -0.25) is 0 Å². The van der Waals surface area contributed by atoms with Crippen LogP contribution in [-0.4, -0.2) is 22.1 Å². The summed E-state index contributed by atoms with van der Waals surface area (Å²) < 4.78 is 6.03. The highest BCUT2D eigenvalue weighted by molar-refractivity contribution is 5.26. The maximum Gasteiger partial charge on any atom is 0.160 e. The predicted molar refractivity (Wildman–Crippen MR) is 80.9 cm³/mol. The van der Waals surface area contributed by atoms with E-state index in [4.69, 9.17) is 4.74 Å². The van der Waals surface area contributed by atoms with Crippen molar-refractivity contribution in [3.8, 4) is 5.75 Å². The van der Waals surface area contributed by atoms with Crippen LogP contribution < -0.4 is 10.1 Å². The van der Waals surface area contributed by atoms with E-state index in [0.29, 0.717) is 17.9 Å². The van der Waals surface area contributed by atoms with Crippen molar-refractivity contribution in [1.82, 2.24) is 15.3 Å². The molecule has 0 bridgehead atoms. The highest BCUT2D eigenvalue weighted by Gasteiger charge is 2.22. The maximum atomic E-state index is 6.03. The molecule has 20 heavy (non-hydrogen) atoms. The second kappa shape index (κ2) is 6.53. The first-order chi connectivity index (χ1) is 9.47. The van der Waals surface area contributed by atoms with Gasteiger partial charge in [-0.15, -0.1) is 0 Å². The Hall–Kier alpha value is -1.16. The summed E-state index contributed by atoms with van der Waals surface area (Å²) in [6, 6.07) is 0.669. The van der Waals surface area contributed by atoms with Gasteiger partial charge in [-0.2, -0.15) is 0 Å². The molecule has 1 N–H and O–H groups in total. The Kier molecular flexibility index (Phi) is 4.97. The van der Waals surface area contributed by atoms with E-state index in [0.717, 1.165) is 23.8 Å². The molecule has 0 aromatic carbocycles. The van der Waals surface area contributed by atoms with Gasteiger partial charge in [-0.05, 0) is 25.7 Å². The fourth-order valence-electron chi connectivity index (χ4n) is 1.79. The molecule has 0 radical (unpaired) electrons. The summed E-state index contributed by atoms with van der Waals surface area (Å²) in [6.07, 6.45) is 4.56. The molecule has 1 saturated carbocycles. The Morgan fingerprint density at radius 1 is 1.25 bits per heavy atom. The summed E-state index contributed by atoms with van der Waals surface area (Å²) in [5.74, 6) is 2.53. The lowest BCUT2D eigenvalue weighted by atomic mass is 10.1. The summed E-state index contributed by atoms with van der Waals surface area (Å²) in [4.78, 5) is 9.12. The zero-order valence-corrected chi connectivity index (χ0v) is 13.3. The van der Waals surface area contributed by atoms with Crippen LogP contribution in [0.25, 0.3) is 0 Å². The summed E-state index contributed by atoms with van der Waals surface area (Å²) in [5, 5.41) is 3.51. The van der Waals surface area contributed by atoms with Crippen molar-refractivity contribution in [2.75, 3.05) is 0 Å². The van der Waals surface area contributed by atoms with Crippen molar-refractivity contribution in [2.45, 2.75) is 72.1 Å². The zero-order valence-electron chi connectivity index (χ0n) is 13.3. The molecule has 1 heterocycles. The van der Waals surface area contributed by atoms with Gasteiger partial charge in [0.25, 0.3) is 0 Å². The lowest BCUT2D eigenvalue weighted by Crippen LogP contribution is -2.22. The molecule has 1 aromatic heterocycles. The van der Waals surface area contributed by atoms with E-state index in [1.165, 1.54) is 12.8 Å². The molecular weight excluding hydrogens is 250 g/mol. The average Bonchev–Trinajstić information content (AvgIpc) is 3.21. The number of nitrogens with one attached hydrogen (secondary N) is 1. The van der Waals surface area contributed by atoms with Crippen LogP contribution in [0.4, 0.5) is 0 Å². The van der Waals surface area contributed by atoms with Crippen LogP contribution >= 0.6 is 0 Å². The van der Waals surface area contributed by atoms with Crippen LogP contribution in [0.15, 0.2) is 6.20 Å². The summed E-state index contributed by atoms with van der Waals surface area (Å²) in [5.41, 5.74) is 0.989. The van der Waals surface area contributed by atoms with Gasteiger partial charge in [-0.1, -0.05) is 27.7 Å². The molecule has 112 valence electrons. The van der Waals surface area contributed by atoms with Crippen LogP contribution in [0.2, 0.25) is 0 Å². The fourth-order valence-corrected chi connectivity index (χ4v) is 1.79. The Bertz CT molecular complexity index is 441. The first-order valence-electron chi connectivity index (χ1n) is 7.73. The van der Waals surface area contributed by atoms with Gasteiger partial charge < -0.3 is 10.1 Å². The Morgan fingerprint density at radius 2 is 1.95 bits per heavy atom. The van der Waals surface area contributed by atoms with E-state index in [-0.39, 0.29) is 6.10 Å². The molecule has 1 aliphatic rings. The summed E-state index contributed by atoms with van der Waals surface area (Å²) >= 11 is 0. The lowest BCUT2D eigenvalue weighted by molar-refractivity contribution is 0.166. The Morgan fingerprint density at radius 3 is 2.50 bits per heavy atom. The molecule has 0 amide bonds. The molecule has 1 atom stereocenters. The van der Waals surface area contributed by atoms with E-state index < -0.39 is 0 Å². The third-order valence-corrected chi connectivity index (χ3v) is 3.75. The molecule has 1 fully saturated rings. The van der Waals surface area contributed by atoms with Crippen molar-refractivity contribution >= 4 is 0 Å². The van der Waals surface area contributed by atoms with Crippen molar-refractivity contribution in [3.05, 3.63) is 17.7 Å². The van der Waals surface area contributed by atoms with Gasteiger partial charge in [0.05, 0.1) is 18.0 Å². The van der Waals surface area contributed by atoms with Crippen LogP contribution in [0.5, 0.6) is 5.75 Å². The average molecular weight is 277 g/mol. The minimum Gasteiger partial charge on any atom is -0.487 e. The maximum absolute atomic E-state index is 6.03. The SMILES string of the molecule is CC(C)c1ncc(OC(C)C(C)C)c(CNC2CC2)n1. The van der Waals surface area contributed by atoms with Crippen LogP contribution in [-0.2, 0) is 6.54 Å². The number of ether oxygens (including phenoxy) is 1. The van der Waals surface area contributed by atoms with Crippen molar-refractivity contribution in [3.63, 3.8) is 0 Å². The number of nitrogens with zero attached hydrogens (tertiary/aromatic N) is 2. The molecule has 4 nitrogen and oxygen atoms in total. The van der Waals surface area contributed by atoms with Gasteiger partial charge in [0.15, 0.2) is 5.75 Å². The van der Waals surface area contributed by atoms with Crippen molar-refractivity contribution in [2.24, 2.45) is 5.92 Å². The third-order valence-electron chi connectivity index (χ3n) is 3.75. The van der Waals surface area contributed by atoms with Crippen LogP contribution in [0, 0.1) is 5.92 Å². The van der Waals surface area contributed by atoms with Gasteiger partial charge >= 0.3 is 0 Å². The van der Waals surface area contributed by atoms with Crippen molar-refractivity contribution in [1.29, 1.82) is 0 Å². The van der Waals surface area contributed by atoms with Gasteiger partial charge in [-0.25, -0.2) is 9.97 Å². The normalized spacial score (nSPS) is 16.8. The monoisotopic (exact) mass is 277 g/mol. The quantitative estimate of drug-likeness (QED) is 0.831. The number of hydrogen-bond acceptors (Lipinski definition) is 4. The molecular formula is C16H27N3O. The highest BCUT2D eigenvalue weighted by Crippen LogP contribution is 2.24. The largest absolute Gasteiger partial charge is 0.487 e. The van der Waals surface area contributed by atoms with Crippen LogP contribution in [0.1, 0.15) is 64.9 Å². The molecule has 2 rings (SSSR count). The Labute approximate surface area is 122 Å². The lowest BCUT2D eigenvalue weighted by Gasteiger charge is -2.20. The Balaban J connectivity index is 2.14. The van der Waals surface area contributed by atoms with E-state index in [1.807, 2.05) is 6.20 Å². The first-order valence-corrected chi connectivity index (χ1v) is 7.73. The zero-order chi connectivity index (χ0) is 14.7. The van der Waals surface area contributed by atoms with Gasteiger partial charge in [0.2, 0.25) is 0 Å². The molecule has 4 heteroatoms. The number of aromatic nitrogens is 2. The van der Waals surface area contributed by atoms with E-state index in [1.54, 1.807) is 0 Å². The van der Waals surface area contributed by atoms with Crippen molar-refractivity contribution < 1.29 is 4.74 Å². The molecule has 0 saturated heterocycles. The third kappa shape index (κ3) is 4.17. The molecule has 0 spiro atoms.